The fourth-order valence-electron chi connectivity index (χ4n) is 1.64. The second-order valence-electron chi connectivity index (χ2n) is 4.16. The number of aryl methyl sites for hydroxylation is 1. The number of hydrogen-bond donors (Lipinski definition) is 1. The molecular weight excluding hydrogens is 307 g/mol. The van der Waals surface area contributed by atoms with Crippen LogP contribution < -0.4 is 4.74 Å². The second kappa shape index (κ2) is 5.72. The zero-order chi connectivity index (χ0) is 15.6. The quantitative estimate of drug-likeness (QED) is 0.933. The molecule has 1 aromatic heterocycles. The number of rotatable bonds is 4. The summed E-state index contributed by atoms with van der Waals surface area (Å²) >= 11 is 1.36. The summed E-state index contributed by atoms with van der Waals surface area (Å²) in [6.07, 6.45) is -4.70. The number of alkyl halides is 3. The normalized spacial score (nSPS) is 11.4. The lowest BCUT2D eigenvalue weighted by atomic mass is 10.1. The summed E-state index contributed by atoms with van der Waals surface area (Å²) < 4.78 is 43.9. The van der Waals surface area contributed by atoms with Crippen molar-refractivity contribution in [2.45, 2.75) is 19.7 Å². The van der Waals surface area contributed by atoms with E-state index in [4.69, 9.17) is 9.84 Å². The number of carbonyl (C=O) groups is 1. The monoisotopic (exact) mass is 317 g/mol. The first kappa shape index (κ1) is 15.3. The van der Waals surface area contributed by atoms with Gasteiger partial charge in [0.2, 0.25) is 0 Å². The Morgan fingerprint density at radius 3 is 2.67 bits per heavy atom. The predicted molar refractivity (Wildman–Crippen MR) is 69.6 cm³/mol. The molecule has 2 aromatic rings. The van der Waals surface area contributed by atoms with Gasteiger partial charge in [0.25, 0.3) is 0 Å². The minimum absolute atomic E-state index is 0.111. The molecular formula is C13H10F3NO3S. The zero-order valence-electron chi connectivity index (χ0n) is 10.8. The van der Waals surface area contributed by atoms with E-state index in [1.807, 2.05) is 0 Å². The Bertz CT molecular complexity index is 667. The van der Waals surface area contributed by atoms with Gasteiger partial charge in [-0.05, 0) is 25.1 Å². The number of halogens is 3. The van der Waals surface area contributed by atoms with Crippen molar-refractivity contribution >= 4 is 17.3 Å². The first-order valence-electron chi connectivity index (χ1n) is 5.75. The molecule has 0 fully saturated rings. The van der Waals surface area contributed by atoms with Crippen LogP contribution in [-0.2, 0) is 12.8 Å². The molecule has 0 amide bonds. The lowest BCUT2D eigenvalue weighted by Gasteiger charge is -2.14. The Morgan fingerprint density at radius 2 is 2.14 bits per heavy atom. The molecule has 4 nitrogen and oxygen atoms in total. The van der Waals surface area contributed by atoms with Crippen LogP contribution in [0.15, 0.2) is 23.6 Å². The number of hydrogen-bond acceptors (Lipinski definition) is 4. The molecule has 21 heavy (non-hydrogen) atoms. The maximum Gasteiger partial charge on any atom is 0.419 e. The number of carboxylic acid groups (broad SMARTS) is 1. The molecule has 8 heteroatoms. The zero-order valence-corrected chi connectivity index (χ0v) is 11.6. The second-order valence-corrected chi connectivity index (χ2v) is 5.22. The highest BCUT2D eigenvalue weighted by molar-refractivity contribution is 7.09. The van der Waals surface area contributed by atoms with Crippen molar-refractivity contribution in [2.75, 3.05) is 0 Å². The van der Waals surface area contributed by atoms with E-state index in [0.717, 1.165) is 17.1 Å². The van der Waals surface area contributed by atoms with Gasteiger partial charge in [0.05, 0.1) is 21.8 Å². The number of carboxylic acids is 1. The Kier molecular flexibility index (Phi) is 4.17. The standard InChI is InChI=1S/C13H10F3NO3S/c1-7-17-9(6-21-7)5-20-11-3-2-8(12(18)19)4-10(11)13(14,15)16/h2-4,6H,5H2,1H3,(H,18,19). The maximum absolute atomic E-state index is 12.9. The smallest absolute Gasteiger partial charge is 0.419 e. The fourth-order valence-corrected chi connectivity index (χ4v) is 2.23. The van der Waals surface area contributed by atoms with Crippen molar-refractivity contribution in [3.8, 4) is 5.75 Å². The van der Waals surface area contributed by atoms with Gasteiger partial charge in [-0.2, -0.15) is 13.2 Å². The van der Waals surface area contributed by atoms with E-state index in [2.05, 4.69) is 4.98 Å². The third kappa shape index (κ3) is 3.72. The van der Waals surface area contributed by atoms with E-state index < -0.39 is 29.0 Å². The molecule has 0 radical (unpaired) electrons. The van der Waals surface area contributed by atoms with Crippen LogP contribution in [0.1, 0.15) is 26.6 Å². The third-order valence-electron chi connectivity index (χ3n) is 2.57. The first-order valence-corrected chi connectivity index (χ1v) is 6.63. The van der Waals surface area contributed by atoms with Crippen LogP contribution >= 0.6 is 11.3 Å². The van der Waals surface area contributed by atoms with E-state index >= 15 is 0 Å². The van der Waals surface area contributed by atoms with E-state index in [1.54, 1.807) is 12.3 Å². The maximum atomic E-state index is 12.9. The highest BCUT2D eigenvalue weighted by Gasteiger charge is 2.35. The van der Waals surface area contributed by atoms with Crippen molar-refractivity contribution in [3.05, 3.63) is 45.4 Å². The lowest BCUT2D eigenvalue weighted by molar-refractivity contribution is -0.139. The van der Waals surface area contributed by atoms with Crippen molar-refractivity contribution < 1.29 is 27.8 Å². The molecule has 1 aromatic carbocycles. The van der Waals surface area contributed by atoms with Gasteiger partial charge in [-0.15, -0.1) is 11.3 Å². The van der Waals surface area contributed by atoms with Gasteiger partial charge in [0.1, 0.15) is 12.4 Å². The van der Waals surface area contributed by atoms with E-state index in [1.165, 1.54) is 11.3 Å². The van der Waals surface area contributed by atoms with Crippen LogP contribution in [0.25, 0.3) is 0 Å². The summed E-state index contributed by atoms with van der Waals surface area (Å²) in [5.74, 6) is -1.85. The topological polar surface area (TPSA) is 59.4 Å². The number of ether oxygens (including phenoxy) is 1. The number of aromatic carboxylic acids is 1. The molecule has 112 valence electrons. The highest BCUT2D eigenvalue weighted by atomic mass is 32.1. The van der Waals surface area contributed by atoms with Gasteiger partial charge >= 0.3 is 12.1 Å². The van der Waals surface area contributed by atoms with E-state index in [0.29, 0.717) is 11.8 Å². The summed E-state index contributed by atoms with van der Waals surface area (Å²) in [6, 6.07) is 2.63. The first-order chi connectivity index (χ1) is 9.77. The molecule has 0 unspecified atom stereocenters. The lowest BCUT2D eigenvalue weighted by Crippen LogP contribution is -2.11. The summed E-state index contributed by atoms with van der Waals surface area (Å²) in [6.45, 7) is 1.66. The summed E-state index contributed by atoms with van der Waals surface area (Å²) in [5, 5.41) is 11.2. The summed E-state index contributed by atoms with van der Waals surface area (Å²) in [5.41, 5.74) is -1.04. The van der Waals surface area contributed by atoms with E-state index in [9.17, 15) is 18.0 Å². The van der Waals surface area contributed by atoms with Crippen molar-refractivity contribution in [1.29, 1.82) is 0 Å². The van der Waals surface area contributed by atoms with Gasteiger partial charge in [-0.25, -0.2) is 9.78 Å². The van der Waals surface area contributed by atoms with Crippen LogP contribution in [0.2, 0.25) is 0 Å². The summed E-state index contributed by atoms with van der Waals surface area (Å²) in [4.78, 5) is 14.8. The largest absolute Gasteiger partial charge is 0.487 e. The Morgan fingerprint density at radius 1 is 1.43 bits per heavy atom. The third-order valence-corrected chi connectivity index (χ3v) is 3.40. The van der Waals surface area contributed by atoms with Crippen LogP contribution in [0, 0.1) is 6.92 Å². The average molecular weight is 317 g/mol. The molecule has 1 heterocycles. The molecule has 1 N–H and O–H groups in total. The summed E-state index contributed by atoms with van der Waals surface area (Å²) in [7, 11) is 0. The van der Waals surface area contributed by atoms with Gasteiger partial charge in [-0.1, -0.05) is 0 Å². The molecule has 0 saturated carbocycles. The fraction of sp³-hybridized carbons (Fsp3) is 0.231. The highest BCUT2D eigenvalue weighted by Crippen LogP contribution is 2.37. The molecule has 0 aliphatic heterocycles. The van der Waals surface area contributed by atoms with Gasteiger partial charge < -0.3 is 9.84 Å². The Hall–Kier alpha value is -2.09. The molecule has 0 atom stereocenters. The minimum Gasteiger partial charge on any atom is -0.487 e. The average Bonchev–Trinajstić information content (AvgIpc) is 2.81. The van der Waals surface area contributed by atoms with Crippen molar-refractivity contribution in [3.63, 3.8) is 0 Å². The Balaban J connectivity index is 2.27. The number of aromatic nitrogens is 1. The van der Waals surface area contributed by atoms with Crippen LogP contribution in [0.3, 0.4) is 0 Å². The minimum atomic E-state index is -4.70. The van der Waals surface area contributed by atoms with Gasteiger partial charge in [0, 0.05) is 5.38 Å². The Labute approximate surface area is 121 Å². The molecule has 0 spiro atoms. The number of nitrogens with zero attached hydrogens (tertiary/aromatic N) is 1. The van der Waals surface area contributed by atoms with Crippen molar-refractivity contribution in [2.24, 2.45) is 0 Å². The van der Waals surface area contributed by atoms with E-state index in [-0.39, 0.29) is 6.61 Å². The SMILES string of the molecule is Cc1nc(COc2ccc(C(=O)O)cc2C(F)(F)F)cs1. The van der Waals surface area contributed by atoms with Gasteiger partial charge in [-0.3, -0.25) is 0 Å². The molecule has 0 aliphatic rings. The molecule has 0 aliphatic carbocycles. The van der Waals surface area contributed by atoms with Crippen LogP contribution in [0.4, 0.5) is 13.2 Å². The predicted octanol–water partition coefficient (Wildman–Crippen LogP) is 3.75. The molecule has 0 bridgehead atoms. The number of thiazole rings is 1. The molecule has 0 saturated heterocycles. The number of benzene rings is 1. The van der Waals surface area contributed by atoms with Crippen molar-refractivity contribution in [1.82, 2.24) is 4.98 Å². The van der Waals surface area contributed by atoms with Gasteiger partial charge in [0.15, 0.2) is 0 Å². The van der Waals surface area contributed by atoms with Crippen LogP contribution in [0.5, 0.6) is 5.75 Å². The van der Waals surface area contributed by atoms with Crippen LogP contribution in [-0.4, -0.2) is 16.1 Å². The molecule has 2 rings (SSSR count).